The van der Waals surface area contributed by atoms with Crippen LogP contribution in [-0.2, 0) is 14.3 Å². The molecule has 0 amide bonds. The Morgan fingerprint density at radius 1 is 1.33 bits per heavy atom. The molecular weight excluding hydrogens is 215 g/mol. The molecule has 0 fully saturated rings. The molecule has 0 bridgehead atoms. The van der Waals surface area contributed by atoms with Gasteiger partial charge in [-0.2, -0.15) is 13.2 Å². The standard InChI is InChI=1S/C8H6F3NO3/c1-15-7-4(13)2-3(8(9,10)11)6(14)5(7)12/h2H,12H2,1H3. The van der Waals surface area contributed by atoms with Crippen LogP contribution in [0.1, 0.15) is 0 Å². The largest absolute Gasteiger partial charge is 0.491 e. The van der Waals surface area contributed by atoms with Gasteiger partial charge in [0.1, 0.15) is 11.3 Å². The van der Waals surface area contributed by atoms with Gasteiger partial charge in [0, 0.05) is 6.08 Å². The summed E-state index contributed by atoms with van der Waals surface area (Å²) >= 11 is 0. The monoisotopic (exact) mass is 221 g/mol. The first-order valence-electron chi connectivity index (χ1n) is 3.70. The zero-order valence-electron chi connectivity index (χ0n) is 7.51. The maximum atomic E-state index is 12.2. The molecule has 1 aliphatic carbocycles. The third kappa shape index (κ3) is 1.85. The fourth-order valence-corrected chi connectivity index (χ4v) is 1.06. The van der Waals surface area contributed by atoms with E-state index in [-0.39, 0.29) is 6.08 Å². The Morgan fingerprint density at radius 3 is 2.27 bits per heavy atom. The Balaban J connectivity index is 3.23. The molecule has 0 atom stereocenters. The summed E-state index contributed by atoms with van der Waals surface area (Å²) in [7, 11) is 1.04. The topological polar surface area (TPSA) is 69.4 Å². The third-order valence-corrected chi connectivity index (χ3v) is 1.74. The molecule has 0 heterocycles. The molecule has 0 aromatic carbocycles. The number of hydrogen-bond acceptors (Lipinski definition) is 4. The number of allylic oxidation sites excluding steroid dienone is 2. The van der Waals surface area contributed by atoms with Gasteiger partial charge in [0.15, 0.2) is 5.76 Å². The second-order valence-corrected chi connectivity index (χ2v) is 2.70. The van der Waals surface area contributed by atoms with Gasteiger partial charge in [-0.1, -0.05) is 0 Å². The van der Waals surface area contributed by atoms with E-state index in [4.69, 9.17) is 5.73 Å². The third-order valence-electron chi connectivity index (χ3n) is 1.74. The molecule has 0 aromatic heterocycles. The van der Waals surface area contributed by atoms with Crippen molar-refractivity contribution in [3.8, 4) is 0 Å². The molecule has 7 heteroatoms. The van der Waals surface area contributed by atoms with E-state index in [1.807, 2.05) is 0 Å². The summed E-state index contributed by atoms with van der Waals surface area (Å²) in [5.41, 5.74) is 2.65. The van der Waals surface area contributed by atoms with Crippen molar-refractivity contribution >= 4 is 11.6 Å². The Labute approximate surface area is 82.2 Å². The van der Waals surface area contributed by atoms with Crippen LogP contribution in [0.4, 0.5) is 13.2 Å². The predicted octanol–water partition coefficient (Wildman–Crippen LogP) is 0.444. The number of rotatable bonds is 1. The maximum absolute atomic E-state index is 12.2. The van der Waals surface area contributed by atoms with Gasteiger partial charge in [0.25, 0.3) is 0 Å². The van der Waals surface area contributed by atoms with E-state index in [9.17, 15) is 22.8 Å². The number of alkyl halides is 3. The summed E-state index contributed by atoms with van der Waals surface area (Å²) in [6.45, 7) is 0. The Kier molecular flexibility index (Phi) is 2.57. The molecule has 2 N–H and O–H groups in total. The summed E-state index contributed by atoms with van der Waals surface area (Å²) < 4.78 is 41.0. The molecule has 0 saturated carbocycles. The summed E-state index contributed by atoms with van der Waals surface area (Å²) in [6, 6.07) is 0. The minimum Gasteiger partial charge on any atom is -0.491 e. The number of ether oxygens (including phenoxy) is 1. The lowest BCUT2D eigenvalue weighted by atomic mass is 9.99. The molecule has 0 unspecified atom stereocenters. The molecule has 4 nitrogen and oxygen atoms in total. The molecular formula is C8H6F3NO3. The number of ketones is 2. The number of methoxy groups -OCH3 is 1. The Morgan fingerprint density at radius 2 is 1.87 bits per heavy atom. The second-order valence-electron chi connectivity index (χ2n) is 2.70. The lowest BCUT2D eigenvalue weighted by molar-refractivity contribution is -0.129. The molecule has 82 valence electrons. The average molecular weight is 221 g/mol. The Hall–Kier alpha value is -1.79. The maximum Gasteiger partial charge on any atom is 0.420 e. The second kappa shape index (κ2) is 3.41. The van der Waals surface area contributed by atoms with Gasteiger partial charge < -0.3 is 10.5 Å². The molecule has 0 spiro atoms. The molecule has 0 aliphatic heterocycles. The van der Waals surface area contributed by atoms with Crippen molar-refractivity contribution in [2.75, 3.05) is 7.11 Å². The number of carbonyl (C=O) groups excluding carboxylic acids is 2. The number of Topliss-reactive ketones (excluding diaryl/α,β-unsaturated/α-hetero) is 1. The van der Waals surface area contributed by atoms with Crippen LogP contribution in [-0.4, -0.2) is 24.9 Å². The van der Waals surface area contributed by atoms with E-state index >= 15 is 0 Å². The van der Waals surface area contributed by atoms with Crippen LogP contribution in [0.2, 0.25) is 0 Å². The van der Waals surface area contributed by atoms with Crippen molar-refractivity contribution in [1.29, 1.82) is 0 Å². The van der Waals surface area contributed by atoms with E-state index in [0.29, 0.717) is 0 Å². The van der Waals surface area contributed by atoms with Gasteiger partial charge in [-0.3, -0.25) is 9.59 Å². The summed E-state index contributed by atoms with van der Waals surface area (Å²) in [4.78, 5) is 22.1. The van der Waals surface area contributed by atoms with Gasteiger partial charge in [0.05, 0.1) is 7.11 Å². The molecule has 0 aromatic rings. The average Bonchev–Trinajstić information content (AvgIpc) is 2.10. The van der Waals surface area contributed by atoms with Crippen molar-refractivity contribution < 1.29 is 27.5 Å². The lowest BCUT2D eigenvalue weighted by Gasteiger charge is -2.16. The highest BCUT2D eigenvalue weighted by Gasteiger charge is 2.43. The molecule has 1 rings (SSSR count). The van der Waals surface area contributed by atoms with Gasteiger partial charge >= 0.3 is 6.18 Å². The number of halogens is 3. The number of hydrogen-bond donors (Lipinski definition) is 1. The van der Waals surface area contributed by atoms with Crippen LogP contribution >= 0.6 is 0 Å². The van der Waals surface area contributed by atoms with Crippen molar-refractivity contribution in [3.63, 3.8) is 0 Å². The van der Waals surface area contributed by atoms with E-state index in [1.54, 1.807) is 0 Å². The minimum absolute atomic E-state index is 0.178. The van der Waals surface area contributed by atoms with Crippen LogP contribution in [0, 0.1) is 0 Å². The van der Waals surface area contributed by atoms with Gasteiger partial charge in [0.2, 0.25) is 11.6 Å². The van der Waals surface area contributed by atoms with Crippen molar-refractivity contribution in [2.45, 2.75) is 6.18 Å². The van der Waals surface area contributed by atoms with Crippen LogP contribution in [0.3, 0.4) is 0 Å². The minimum atomic E-state index is -4.89. The van der Waals surface area contributed by atoms with Gasteiger partial charge in [-0.25, -0.2) is 0 Å². The van der Waals surface area contributed by atoms with Crippen LogP contribution < -0.4 is 5.73 Å². The highest BCUT2D eigenvalue weighted by molar-refractivity contribution is 6.22. The first-order chi connectivity index (χ1) is 6.79. The normalized spacial score (nSPS) is 18.0. The SMILES string of the molecule is COC1=C(N)C(=O)C(C(F)(F)F)=CC1=O. The molecule has 0 saturated heterocycles. The zero-order valence-corrected chi connectivity index (χ0v) is 7.51. The molecule has 1 aliphatic rings. The quantitative estimate of drug-likeness (QED) is 0.652. The smallest absolute Gasteiger partial charge is 0.420 e. The highest BCUT2D eigenvalue weighted by Crippen LogP contribution is 2.30. The summed E-state index contributed by atoms with van der Waals surface area (Å²) in [5.74, 6) is -3.08. The number of nitrogens with two attached hydrogens (primary N) is 1. The first-order valence-corrected chi connectivity index (χ1v) is 3.70. The highest BCUT2D eigenvalue weighted by atomic mass is 19.4. The predicted molar refractivity (Wildman–Crippen MR) is 42.4 cm³/mol. The van der Waals surface area contributed by atoms with E-state index in [1.165, 1.54) is 0 Å². The first kappa shape index (κ1) is 11.3. The number of carbonyl (C=O) groups is 2. The fourth-order valence-electron chi connectivity index (χ4n) is 1.06. The zero-order chi connectivity index (χ0) is 11.8. The van der Waals surface area contributed by atoms with E-state index in [2.05, 4.69) is 4.74 Å². The van der Waals surface area contributed by atoms with E-state index < -0.39 is 34.8 Å². The van der Waals surface area contributed by atoms with Crippen LogP contribution in [0.15, 0.2) is 23.1 Å². The van der Waals surface area contributed by atoms with Crippen LogP contribution in [0.25, 0.3) is 0 Å². The van der Waals surface area contributed by atoms with Crippen molar-refractivity contribution in [2.24, 2.45) is 5.73 Å². The van der Waals surface area contributed by atoms with Crippen molar-refractivity contribution in [1.82, 2.24) is 0 Å². The Bertz CT molecular complexity index is 392. The lowest BCUT2D eigenvalue weighted by Crippen LogP contribution is -2.31. The summed E-state index contributed by atoms with van der Waals surface area (Å²) in [5, 5.41) is 0. The molecule has 15 heavy (non-hydrogen) atoms. The fraction of sp³-hybridized carbons (Fsp3) is 0.250. The van der Waals surface area contributed by atoms with Crippen LogP contribution in [0.5, 0.6) is 0 Å². The summed E-state index contributed by atoms with van der Waals surface area (Å²) in [6.07, 6.45) is -4.71. The molecule has 0 radical (unpaired) electrons. The van der Waals surface area contributed by atoms with Crippen molar-refractivity contribution in [3.05, 3.63) is 23.1 Å². The van der Waals surface area contributed by atoms with Gasteiger partial charge in [-0.05, 0) is 0 Å². The van der Waals surface area contributed by atoms with E-state index in [0.717, 1.165) is 7.11 Å². The van der Waals surface area contributed by atoms with Gasteiger partial charge in [-0.15, -0.1) is 0 Å².